The van der Waals surface area contributed by atoms with E-state index in [1.54, 1.807) is 4.31 Å². The van der Waals surface area contributed by atoms with Gasteiger partial charge in [0.15, 0.2) is 0 Å². The highest BCUT2D eigenvalue weighted by molar-refractivity contribution is 7.88. The Morgan fingerprint density at radius 3 is 2.14 bits per heavy atom. The van der Waals surface area contributed by atoms with Crippen LogP contribution >= 0.6 is 0 Å². The van der Waals surface area contributed by atoms with Crippen LogP contribution < -0.4 is 4.90 Å². The Bertz CT molecular complexity index is 801. The molecule has 0 bridgehead atoms. The van der Waals surface area contributed by atoms with E-state index >= 15 is 0 Å². The highest BCUT2D eigenvalue weighted by Gasteiger charge is 2.45. The number of sulfonamides is 1. The summed E-state index contributed by atoms with van der Waals surface area (Å²) in [6, 6.07) is 7.71. The molecule has 28 heavy (non-hydrogen) atoms. The smallest absolute Gasteiger partial charge is 0.253 e. The molecule has 0 spiro atoms. The Balaban J connectivity index is 1.63. The Morgan fingerprint density at radius 2 is 1.68 bits per heavy atom. The van der Waals surface area contributed by atoms with Gasteiger partial charge in [-0.05, 0) is 37.1 Å². The van der Waals surface area contributed by atoms with Crippen molar-refractivity contribution >= 4 is 21.6 Å². The summed E-state index contributed by atoms with van der Waals surface area (Å²) in [5.74, 6) is 0.0692. The number of carbonyl (C=O) groups is 1. The molecule has 2 fully saturated rings. The maximum Gasteiger partial charge on any atom is 0.253 e. The van der Waals surface area contributed by atoms with E-state index in [4.69, 9.17) is 0 Å². The van der Waals surface area contributed by atoms with Gasteiger partial charge in [-0.15, -0.1) is 0 Å². The van der Waals surface area contributed by atoms with Gasteiger partial charge >= 0.3 is 0 Å². The van der Waals surface area contributed by atoms with Crippen molar-refractivity contribution in [2.45, 2.75) is 25.3 Å². The van der Waals surface area contributed by atoms with Gasteiger partial charge in [0.05, 0.1) is 6.26 Å². The largest absolute Gasteiger partial charge is 0.378 e. The van der Waals surface area contributed by atoms with E-state index in [9.17, 15) is 13.2 Å². The molecule has 8 heteroatoms. The standard InChI is InChI=1S/C20H32N4O3S/c1-5-20(10-11-24(16-20)28(4,26)27)23-14-12-22(13-15-23)19(25)17-6-8-18(9-7-17)21(2)3/h6-9H,5,10-16H2,1-4H3. The maximum absolute atomic E-state index is 12.8. The molecule has 2 heterocycles. The minimum Gasteiger partial charge on any atom is -0.378 e. The fourth-order valence-corrected chi connectivity index (χ4v) is 5.24. The molecule has 1 amide bonds. The number of nitrogens with zero attached hydrogens (tertiary/aromatic N) is 4. The third-order valence-electron chi connectivity index (χ3n) is 6.29. The minimum absolute atomic E-state index is 0.0692. The molecule has 1 unspecified atom stereocenters. The second-order valence-corrected chi connectivity index (χ2v) is 10.1. The molecular weight excluding hydrogens is 376 g/mol. The lowest BCUT2D eigenvalue weighted by atomic mass is 9.92. The van der Waals surface area contributed by atoms with Gasteiger partial charge in [-0.2, -0.15) is 0 Å². The highest BCUT2D eigenvalue weighted by Crippen LogP contribution is 2.33. The summed E-state index contributed by atoms with van der Waals surface area (Å²) in [6.45, 7) is 6.20. The first-order chi connectivity index (χ1) is 13.2. The molecule has 2 saturated heterocycles. The summed E-state index contributed by atoms with van der Waals surface area (Å²) >= 11 is 0. The van der Waals surface area contributed by atoms with Crippen molar-refractivity contribution in [1.29, 1.82) is 0 Å². The Hall–Kier alpha value is -1.64. The molecule has 7 nitrogen and oxygen atoms in total. The van der Waals surface area contributed by atoms with Crippen LogP contribution in [0.1, 0.15) is 30.1 Å². The van der Waals surface area contributed by atoms with Crippen molar-refractivity contribution < 1.29 is 13.2 Å². The molecule has 3 rings (SSSR count). The third-order valence-corrected chi connectivity index (χ3v) is 7.54. The third kappa shape index (κ3) is 4.18. The number of amides is 1. The lowest BCUT2D eigenvalue weighted by Gasteiger charge is -2.45. The van der Waals surface area contributed by atoms with Gasteiger partial charge in [0.25, 0.3) is 5.91 Å². The van der Waals surface area contributed by atoms with Crippen molar-refractivity contribution in [1.82, 2.24) is 14.1 Å². The fourth-order valence-electron chi connectivity index (χ4n) is 4.34. The molecule has 1 aromatic rings. The van der Waals surface area contributed by atoms with Crippen LogP contribution in [0, 0.1) is 0 Å². The van der Waals surface area contributed by atoms with Gasteiger partial charge in [0.2, 0.25) is 10.0 Å². The Labute approximate surface area is 168 Å². The van der Waals surface area contributed by atoms with Crippen LogP contribution in [0.2, 0.25) is 0 Å². The Morgan fingerprint density at radius 1 is 1.07 bits per heavy atom. The maximum atomic E-state index is 12.8. The fraction of sp³-hybridized carbons (Fsp3) is 0.650. The summed E-state index contributed by atoms with van der Waals surface area (Å²) in [5.41, 5.74) is 1.68. The number of rotatable bonds is 5. The second kappa shape index (κ2) is 8.00. The predicted molar refractivity (Wildman–Crippen MR) is 112 cm³/mol. The summed E-state index contributed by atoms with van der Waals surface area (Å²) < 4.78 is 25.5. The zero-order chi connectivity index (χ0) is 20.5. The van der Waals surface area contributed by atoms with Crippen LogP contribution in [0.5, 0.6) is 0 Å². The van der Waals surface area contributed by atoms with E-state index in [1.165, 1.54) is 6.26 Å². The van der Waals surface area contributed by atoms with Gasteiger partial charge in [0, 0.05) is 70.2 Å². The number of hydrogen-bond donors (Lipinski definition) is 0. The second-order valence-electron chi connectivity index (χ2n) is 8.14. The first kappa shape index (κ1) is 21.1. The molecule has 0 aliphatic carbocycles. The molecule has 0 N–H and O–H groups in total. The number of hydrogen-bond acceptors (Lipinski definition) is 5. The summed E-state index contributed by atoms with van der Waals surface area (Å²) in [6.07, 6.45) is 3.06. The number of piperazine rings is 1. The molecule has 1 atom stereocenters. The predicted octanol–water partition coefficient (Wildman–Crippen LogP) is 1.32. The topological polar surface area (TPSA) is 64.2 Å². The van der Waals surface area contributed by atoms with Gasteiger partial charge in [-0.25, -0.2) is 12.7 Å². The lowest BCUT2D eigenvalue weighted by molar-refractivity contribution is 0.0313. The van der Waals surface area contributed by atoms with Crippen LogP contribution in [0.3, 0.4) is 0 Å². The zero-order valence-electron chi connectivity index (χ0n) is 17.4. The number of benzene rings is 1. The monoisotopic (exact) mass is 408 g/mol. The van der Waals surface area contributed by atoms with Crippen molar-refractivity contribution in [2.24, 2.45) is 0 Å². The first-order valence-corrected chi connectivity index (χ1v) is 11.8. The van der Waals surface area contributed by atoms with Gasteiger partial charge < -0.3 is 9.80 Å². The van der Waals surface area contributed by atoms with Gasteiger partial charge in [0.1, 0.15) is 0 Å². The quantitative estimate of drug-likeness (QED) is 0.735. The first-order valence-electron chi connectivity index (χ1n) is 9.93. The number of anilines is 1. The molecular formula is C20H32N4O3S. The van der Waals surface area contributed by atoms with Crippen LogP contribution in [-0.2, 0) is 10.0 Å². The molecule has 2 aliphatic heterocycles. The average molecular weight is 409 g/mol. The van der Waals surface area contributed by atoms with Crippen molar-refractivity contribution in [3.05, 3.63) is 29.8 Å². The van der Waals surface area contributed by atoms with E-state index in [0.29, 0.717) is 31.7 Å². The van der Waals surface area contributed by atoms with Crippen LogP contribution in [0.4, 0.5) is 5.69 Å². The zero-order valence-corrected chi connectivity index (χ0v) is 18.2. The van der Waals surface area contributed by atoms with Gasteiger partial charge in [-0.1, -0.05) is 6.92 Å². The minimum atomic E-state index is -3.15. The van der Waals surface area contributed by atoms with E-state index in [-0.39, 0.29) is 11.4 Å². The van der Waals surface area contributed by atoms with Crippen LogP contribution in [0.15, 0.2) is 24.3 Å². The summed E-state index contributed by atoms with van der Waals surface area (Å²) in [4.78, 5) is 19.2. The molecule has 0 saturated carbocycles. The molecule has 0 aromatic heterocycles. The highest BCUT2D eigenvalue weighted by atomic mass is 32.2. The number of carbonyl (C=O) groups excluding carboxylic acids is 1. The molecule has 156 valence electrons. The molecule has 1 aromatic carbocycles. The summed E-state index contributed by atoms with van der Waals surface area (Å²) in [5, 5.41) is 0. The van der Waals surface area contributed by atoms with Crippen molar-refractivity contribution in [3.8, 4) is 0 Å². The average Bonchev–Trinajstić information content (AvgIpc) is 3.14. The molecule has 2 aliphatic rings. The Kier molecular flexibility index (Phi) is 6.03. The van der Waals surface area contributed by atoms with Crippen LogP contribution in [0.25, 0.3) is 0 Å². The van der Waals surface area contributed by atoms with E-state index < -0.39 is 10.0 Å². The van der Waals surface area contributed by atoms with Crippen molar-refractivity contribution in [3.63, 3.8) is 0 Å². The SMILES string of the molecule is CCC1(N2CCN(C(=O)c3ccc(N(C)C)cc3)CC2)CCN(S(C)(=O)=O)C1. The van der Waals surface area contributed by atoms with Crippen LogP contribution in [-0.4, -0.2) is 93.6 Å². The van der Waals surface area contributed by atoms with Crippen molar-refractivity contribution in [2.75, 3.05) is 64.5 Å². The van der Waals surface area contributed by atoms with Gasteiger partial charge in [-0.3, -0.25) is 9.69 Å². The summed E-state index contributed by atoms with van der Waals surface area (Å²) in [7, 11) is 0.806. The molecule has 0 radical (unpaired) electrons. The van der Waals surface area contributed by atoms with E-state index in [2.05, 4.69) is 11.8 Å². The lowest BCUT2D eigenvalue weighted by Crippen LogP contribution is -2.59. The normalized spacial score (nSPS) is 24.5. The van der Waals surface area contributed by atoms with E-state index in [0.717, 1.165) is 31.6 Å². The van der Waals surface area contributed by atoms with E-state index in [1.807, 2.05) is 48.2 Å².